The van der Waals surface area contributed by atoms with E-state index in [1.54, 1.807) is 18.2 Å². The third-order valence-electron chi connectivity index (χ3n) is 3.67. The van der Waals surface area contributed by atoms with Crippen LogP contribution in [-0.2, 0) is 19.1 Å². The number of carbonyl (C=O) groups excluding carboxylic acids is 2. The van der Waals surface area contributed by atoms with E-state index in [2.05, 4.69) is 9.73 Å². The Morgan fingerprint density at radius 3 is 2.88 bits per heavy atom. The Morgan fingerprint density at radius 2 is 2.12 bits per heavy atom. The summed E-state index contributed by atoms with van der Waals surface area (Å²) in [7, 11) is 1.30. The van der Waals surface area contributed by atoms with E-state index in [4.69, 9.17) is 9.47 Å². The summed E-state index contributed by atoms with van der Waals surface area (Å²) in [4.78, 5) is 30.2. The fourth-order valence-electron chi connectivity index (χ4n) is 2.36. The van der Waals surface area contributed by atoms with E-state index in [-0.39, 0.29) is 12.5 Å². The van der Waals surface area contributed by atoms with Crippen molar-refractivity contribution in [2.75, 3.05) is 40.0 Å². The third kappa shape index (κ3) is 4.40. The van der Waals surface area contributed by atoms with Crippen LogP contribution >= 0.6 is 11.8 Å². The summed E-state index contributed by atoms with van der Waals surface area (Å²) in [5.74, 6) is -0.227. The van der Waals surface area contributed by atoms with Gasteiger partial charge in [0.25, 0.3) is 5.91 Å². The average Bonchev–Trinajstić information content (AvgIpc) is 3.02. The number of para-hydroxylation sites is 1. The van der Waals surface area contributed by atoms with Crippen LogP contribution < -0.4 is 4.74 Å². The maximum atomic E-state index is 12.2. The van der Waals surface area contributed by atoms with E-state index in [9.17, 15) is 9.59 Å². The quantitative estimate of drug-likeness (QED) is 0.594. The summed E-state index contributed by atoms with van der Waals surface area (Å²) < 4.78 is 15.4. The molecule has 2 heterocycles. The number of methoxy groups -OCH3 is 1. The van der Waals surface area contributed by atoms with E-state index < -0.39 is 5.97 Å². The molecule has 1 aromatic carbocycles. The molecule has 1 saturated heterocycles. The van der Waals surface area contributed by atoms with Crippen LogP contribution in [0, 0.1) is 0 Å². The third-order valence-corrected chi connectivity index (χ3v) is 4.71. The summed E-state index contributed by atoms with van der Waals surface area (Å²) in [6.07, 6.45) is 1.73. The Kier molecular flexibility index (Phi) is 5.72. The summed E-state index contributed by atoms with van der Waals surface area (Å²) in [5, 5.41) is 0.701. The van der Waals surface area contributed by atoms with E-state index in [0.29, 0.717) is 34.6 Å². The number of hydrogen-bond acceptors (Lipinski definition) is 7. The predicted molar refractivity (Wildman–Crippen MR) is 94.4 cm³/mol. The number of morpholine rings is 1. The van der Waals surface area contributed by atoms with Crippen LogP contribution in [0.5, 0.6) is 5.75 Å². The van der Waals surface area contributed by atoms with Gasteiger partial charge in [-0.05, 0) is 23.9 Å². The Balaban J connectivity index is 1.73. The van der Waals surface area contributed by atoms with Gasteiger partial charge >= 0.3 is 5.97 Å². The molecule has 8 heteroatoms. The van der Waals surface area contributed by atoms with E-state index in [1.807, 2.05) is 17.0 Å². The van der Waals surface area contributed by atoms with Crippen LogP contribution in [0.3, 0.4) is 0 Å². The largest absolute Gasteiger partial charge is 0.481 e. The van der Waals surface area contributed by atoms with Gasteiger partial charge in [-0.15, -0.1) is 0 Å². The minimum absolute atomic E-state index is 0.187. The number of ether oxygens (including phenoxy) is 3. The van der Waals surface area contributed by atoms with Gasteiger partial charge in [0, 0.05) is 18.7 Å². The first-order valence-electron chi connectivity index (χ1n) is 7.81. The lowest BCUT2D eigenvalue weighted by atomic mass is 10.2. The van der Waals surface area contributed by atoms with Crippen LogP contribution in [0.1, 0.15) is 5.56 Å². The summed E-state index contributed by atoms with van der Waals surface area (Å²) >= 11 is 1.34. The zero-order valence-corrected chi connectivity index (χ0v) is 14.6. The van der Waals surface area contributed by atoms with Crippen LogP contribution in [0.15, 0.2) is 34.2 Å². The van der Waals surface area contributed by atoms with Gasteiger partial charge in [-0.1, -0.05) is 18.2 Å². The summed E-state index contributed by atoms with van der Waals surface area (Å²) in [5.41, 5.74) is 0.709. The van der Waals surface area contributed by atoms with Crippen molar-refractivity contribution in [1.29, 1.82) is 0 Å². The first kappa shape index (κ1) is 17.5. The number of esters is 1. The minimum Gasteiger partial charge on any atom is -0.481 e. The standard InChI is InChI=1S/C17H18N2O5S/c1-22-15(20)11-24-13-5-3-2-4-12(13)10-14-16(21)18-17(25-14)19-6-8-23-9-7-19/h2-5,10H,6-9,11H2,1H3/b14-10-. The van der Waals surface area contributed by atoms with Crippen molar-refractivity contribution in [2.45, 2.75) is 0 Å². The van der Waals surface area contributed by atoms with Crippen molar-refractivity contribution in [1.82, 2.24) is 4.90 Å². The highest BCUT2D eigenvalue weighted by atomic mass is 32.2. The van der Waals surface area contributed by atoms with E-state index >= 15 is 0 Å². The fourth-order valence-corrected chi connectivity index (χ4v) is 3.31. The lowest BCUT2D eigenvalue weighted by molar-refractivity contribution is -0.142. The van der Waals surface area contributed by atoms with Crippen molar-refractivity contribution < 1.29 is 23.8 Å². The second-order valence-electron chi connectivity index (χ2n) is 5.31. The molecule has 0 spiro atoms. The number of carbonyl (C=O) groups is 2. The number of benzene rings is 1. The molecule has 0 aliphatic carbocycles. The van der Waals surface area contributed by atoms with Gasteiger partial charge in [-0.2, -0.15) is 4.99 Å². The molecule has 3 rings (SSSR count). The molecule has 1 aromatic rings. The molecule has 0 unspecified atom stereocenters. The average molecular weight is 362 g/mol. The maximum absolute atomic E-state index is 12.2. The number of thioether (sulfide) groups is 1. The second-order valence-corrected chi connectivity index (χ2v) is 6.32. The molecule has 7 nitrogen and oxygen atoms in total. The highest BCUT2D eigenvalue weighted by Gasteiger charge is 2.27. The molecule has 1 amide bonds. The van der Waals surface area contributed by atoms with Crippen LogP contribution in [0.4, 0.5) is 0 Å². The lowest BCUT2D eigenvalue weighted by Crippen LogP contribution is -2.38. The Morgan fingerprint density at radius 1 is 1.36 bits per heavy atom. The zero-order valence-electron chi connectivity index (χ0n) is 13.8. The molecule has 0 N–H and O–H groups in total. The lowest BCUT2D eigenvalue weighted by Gasteiger charge is -2.27. The Hall–Kier alpha value is -2.32. The minimum atomic E-state index is -0.466. The molecule has 1 fully saturated rings. The Bertz CT molecular complexity index is 726. The van der Waals surface area contributed by atoms with Crippen molar-refractivity contribution in [3.05, 3.63) is 34.7 Å². The zero-order chi connectivity index (χ0) is 17.6. The highest BCUT2D eigenvalue weighted by molar-refractivity contribution is 8.18. The normalized spacial score (nSPS) is 19.1. The first-order chi connectivity index (χ1) is 12.2. The molecule has 0 radical (unpaired) electrons. The molecule has 2 aliphatic rings. The van der Waals surface area contributed by atoms with Crippen LogP contribution in [0.2, 0.25) is 0 Å². The fraction of sp³-hybridized carbons (Fsp3) is 0.353. The van der Waals surface area contributed by atoms with Gasteiger partial charge in [0.1, 0.15) is 5.75 Å². The number of amidine groups is 1. The van der Waals surface area contributed by atoms with Crippen molar-refractivity contribution in [3.63, 3.8) is 0 Å². The summed E-state index contributed by atoms with van der Waals surface area (Å²) in [6, 6.07) is 7.20. The molecule has 2 aliphatic heterocycles. The van der Waals surface area contributed by atoms with Gasteiger partial charge in [-0.3, -0.25) is 4.79 Å². The van der Waals surface area contributed by atoms with Gasteiger partial charge < -0.3 is 19.1 Å². The van der Waals surface area contributed by atoms with Gasteiger partial charge in [0.05, 0.1) is 25.2 Å². The molecule has 0 bridgehead atoms. The topological polar surface area (TPSA) is 77.4 Å². The number of hydrogen-bond donors (Lipinski definition) is 0. The molecular formula is C17H18N2O5S. The van der Waals surface area contributed by atoms with Crippen LogP contribution in [-0.4, -0.2) is 62.0 Å². The second kappa shape index (κ2) is 8.17. The number of amides is 1. The smallest absolute Gasteiger partial charge is 0.343 e. The predicted octanol–water partition coefficient (Wildman–Crippen LogP) is 1.54. The highest BCUT2D eigenvalue weighted by Crippen LogP contribution is 2.32. The number of rotatable bonds is 4. The van der Waals surface area contributed by atoms with Gasteiger partial charge in [0.15, 0.2) is 11.8 Å². The van der Waals surface area contributed by atoms with Gasteiger partial charge in [0.2, 0.25) is 0 Å². The van der Waals surface area contributed by atoms with E-state index in [1.165, 1.54) is 18.9 Å². The number of aliphatic imine (C=N–C) groups is 1. The Labute approximate surface area is 149 Å². The maximum Gasteiger partial charge on any atom is 0.343 e. The van der Waals surface area contributed by atoms with Crippen LogP contribution in [0.25, 0.3) is 6.08 Å². The van der Waals surface area contributed by atoms with Gasteiger partial charge in [-0.25, -0.2) is 4.79 Å². The summed E-state index contributed by atoms with van der Waals surface area (Å²) in [6.45, 7) is 2.54. The first-order valence-corrected chi connectivity index (χ1v) is 8.63. The SMILES string of the molecule is COC(=O)COc1ccccc1/C=C1\SC(N2CCOCC2)=NC1=O. The van der Waals surface area contributed by atoms with E-state index in [0.717, 1.165) is 13.1 Å². The van der Waals surface area contributed by atoms with Crippen molar-refractivity contribution in [3.8, 4) is 5.75 Å². The molecule has 0 atom stereocenters. The molecule has 0 saturated carbocycles. The monoisotopic (exact) mass is 362 g/mol. The molecule has 0 aromatic heterocycles. The molecule has 25 heavy (non-hydrogen) atoms. The molecule has 132 valence electrons. The molecular weight excluding hydrogens is 344 g/mol. The van der Waals surface area contributed by atoms with Crippen molar-refractivity contribution >= 4 is 34.9 Å². The number of nitrogens with zero attached hydrogens (tertiary/aromatic N) is 2. The van der Waals surface area contributed by atoms with Crippen molar-refractivity contribution in [2.24, 2.45) is 4.99 Å².